The van der Waals surface area contributed by atoms with Crippen molar-refractivity contribution in [1.29, 1.82) is 10.5 Å². The van der Waals surface area contributed by atoms with Gasteiger partial charge < -0.3 is 14.4 Å². The highest BCUT2D eigenvalue weighted by atomic mass is 16.5. The van der Waals surface area contributed by atoms with Gasteiger partial charge in [0, 0.05) is 6.54 Å². The maximum absolute atomic E-state index is 11.7. The first-order chi connectivity index (χ1) is 13.0. The van der Waals surface area contributed by atoms with Gasteiger partial charge in [-0.2, -0.15) is 15.5 Å². The number of hydrogen-bond acceptors (Lipinski definition) is 7. The number of benzene rings is 1. The van der Waals surface area contributed by atoms with Gasteiger partial charge in [0.05, 0.1) is 47.7 Å². The highest BCUT2D eigenvalue weighted by Gasteiger charge is 2.12. The molecule has 0 unspecified atom stereocenters. The topological polar surface area (TPSA) is 153 Å². The highest BCUT2D eigenvalue weighted by molar-refractivity contribution is 5.85. The summed E-state index contributed by atoms with van der Waals surface area (Å²) in [5, 5.41) is 29.2. The molecule has 0 aliphatic carbocycles. The van der Waals surface area contributed by atoms with Gasteiger partial charge in [-0.1, -0.05) is 0 Å². The predicted octanol–water partition coefficient (Wildman–Crippen LogP) is -0.136. The number of nitrogens with one attached hydrogen (secondary N) is 1. The number of carbonyl (C=O) groups is 2. The number of aliphatic hydroxyl groups excluding tert-OH is 1. The Morgan fingerprint density at radius 3 is 2.70 bits per heavy atom. The van der Waals surface area contributed by atoms with Crippen LogP contribution in [0.15, 0.2) is 17.1 Å². The molecule has 2 aromatic rings. The fourth-order valence-electron chi connectivity index (χ4n) is 2.48. The number of nitriles is 2. The molecule has 138 valence electrons. The zero-order valence-corrected chi connectivity index (χ0v) is 14.5. The van der Waals surface area contributed by atoms with Gasteiger partial charge >= 0.3 is 6.03 Å². The van der Waals surface area contributed by atoms with E-state index in [1.54, 1.807) is 11.5 Å². The first-order valence-electron chi connectivity index (χ1n) is 7.88. The van der Waals surface area contributed by atoms with E-state index in [4.69, 9.17) is 9.84 Å². The monoisotopic (exact) mass is 368 g/mol. The molecule has 2 rings (SSSR count). The Morgan fingerprint density at radius 2 is 2.07 bits per heavy atom. The first-order valence-corrected chi connectivity index (χ1v) is 7.88. The summed E-state index contributed by atoms with van der Waals surface area (Å²) >= 11 is 0. The Hall–Kier alpha value is -3.60. The van der Waals surface area contributed by atoms with E-state index in [1.807, 2.05) is 17.5 Å². The van der Waals surface area contributed by atoms with Gasteiger partial charge in [0.2, 0.25) is 6.41 Å². The van der Waals surface area contributed by atoms with E-state index in [-0.39, 0.29) is 49.4 Å². The number of amides is 3. The number of hydrogen-bond donors (Lipinski definition) is 2. The SMILES string of the molecule is Cc1nc2cc(C#N)c(C#N)cc2n(CCOCCO)c1=NC(=O)NC=O. The van der Waals surface area contributed by atoms with Crippen molar-refractivity contribution in [2.75, 3.05) is 19.8 Å². The van der Waals surface area contributed by atoms with Crippen LogP contribution in [0, 0.1) is 29.6 Å². The van der Waals surface area contributed by atoms with Crippen molar-refractivity contribution >= 4 is 23.5 Å². The van der Waals surface area contributed by atoms with Crippen molar-refractivity contribution in [3.63, 3.8) is 0 Å². The molecule has 0 saturated carbocycles. The van der Waals surface area contributed by atoms with E-state index >= 15 is 0 Å². The van der Waals surface area contributed by atoms with E-state index in [0.29, 0.717) is 16.7 Å². The van der Waals surface area contributed by atoms with Crippen molar-refractivity contribution in [2.45, 2.75) is 13.5 Å². The molecule has 1 aromatic heterocycles. The summed E-state index contributed by atoms with van der Waals surface area (Å²) in [6.45, 7) is 2.07. The summed E-state index contributed by atoms with van der Waals surface area (Å²) in [6, 6.07) is 6.01. The van der Waals surface area contributed by atoms with Crippen LogP contribution in [-0.4, -0.2) is 46.9 Å². The van der Waals surface area contributed by atoms with Gasteiger partial charge in [0.15, 0.2) is 5.49 Å². The van der Waals surface area contributed by atoms with Gasteiger partial charge in [0.1, 0.15) is 12.1 Å². The summed E-state index contributed by atoms with van der Waals surface area (Å²) < 4.78 is 6.89. The van der Waals surface area contributed by atoms with Crippen LogP contribution in [-0.2, 0) is 16.1 Å². The number of urea groups is 1. The minimum Gasteiger partial charge on any atom is -0.394 e. The molecule has 10 heteroatoms. The van der Waals surface area contributed by atoms with E-state index in [1.165, 1.54) is 12.1 Å². The fourth-order valence-corrected chi connectivity index (χ4v) is 2.48. The molecule has 3 amide bonds. The molecule has 0 aliphatic rings. The van der Waals surface area contributed by atoms with Crippen LogP contribution in [0.5, 0.6) is 0 Å². The second-order valence-corrected chi connectivity index (χ2v) is 5.30. The zero-order valence-electron chi connectivity index (χ0n) is 14.5. The number of aliphatic hydroxyl groups is 1. The quantitative estimate of drug-likeness (QED) is 0.531. The largest absolute Gasteiger partial charge is 0.394 e. The molecular weight excluding hydrogens is 352 g/mol. The highest BCUT2D eigenvalue weighted by Crippen LogP contribution is 2.17. The number of imide groups is 1. The number of aryl methyl sites for hydroxylation is 1. The second kappa shape index (κ2) is 9.20. The summed E-state index contributed by atoms with van der Waals surface area (Å²) in [4.78, 5) is 30.4. The third kappa shape index (κ3) is 4.52. The van der Waals surface area contributed by atoms with Crippen LogP contribution in [0.3, 0.4) is 0 Å². The molecule has 0 aliphatic heterocycles. The van der Waals surface area contributed by atoms with E-state index in [9.17, 15) is 20.1 Å². The van der Waals surface area contributed by atoms with Crippen LogP contribution < -0.4 is 10.8 Å². The van der Waals surface area contributed by atoms with Crippen molar-refractivity contribution in [2.24, 2.45) is 4.99 Å². The van der Waals surface area contributed by atoms with Crippen LogP contribution >= 0.6 is 0 Å². The maximum Gasteiger partial charge on any atom is 0.349 e. The normalized spacial score (nSPS) is 11.0. The van der Waals surface area contributed by atoms with Crippen molar-refractivity contribution < 1.29 is 19.4 Å². The number of carbonyl (C=O) groups excluding carboxylic acids is 2. The molecule has 0 fully saturated rings. The van der Waals surface area contributed by atoms with E-state index in [2.05, 4.69) is 9.98 Å². The molecule has 0 atom stereocenters. The van der Waals surface area contributed by atoms with E-state index in [0.717, 1.165) is 0 Å². The molecule has 0 bridgehead atoms. The summed E-state index contributed by atoms with van der Waals surface area (Å²) in [5.41, 5.74) is 1.83. The Kier molecular flexibility index (Phi) is 6.72. The third-order valence-corrected chi connectivity index (χ3v) is 3.60. The lowest BCUT2D eigenvalue weighted by Crippen LogP contribution is -2.31. The van der Waals surface area contributed by atoms with Crippen LogP contribution in [0.25, 0.3) is 11.0 Å². The molecule has 1 aromatic carbocycles. The second-order valence-electron chi connectivity index (χ2n) is 5.30. The van der Waals surface area contributed by atoms with Crippen LogP contribution in [0.2, 0.25) is 0 Å². The third-order valence-electron chi connectivity index (χ3n) is 3.60. The van der Waals surface area contributed by atoms with Crippen molar-refractivity contribution in [3.05, 3.63) is 34.4 Å². The molecule has 0 spiro atoms. The van der Waals surface area contributed by atoms with E-state index < -0.39 is 6.03 Å². The molecule has 1 heterocycles. The first kappa shape index (κ1) is 19.7. The van der Waals surface area contributed by atoms with Crippen molar-refractivity contribution in [1.82, 2.24) is 14.9 Å². The molecule has 27 heavy (non-hydrogen) atoms. The standard InChI is InChI=1S/C17H16N6O4/c1-11-16(22-17(26)20-10-25)23(2-4-27-5-3-24)15-7-13(9-19)12(8-18)6-14(15)21-11/h6-7,10,24H,2-5H2,1H3,(H,20,25,26). The number of nitrogens with zero attached hydrogens (tertiary/aromatic N) is 5. The Morgan fingerprint density at radius 1 is 1.37 bits per heavy atom. The van der Waals surface area contributed by atoms with Gasteiger partial charge in [0.25, 0.3) is 0 Å². The predicted molar refractivity (Wildman–Crippen MR) is 92.0 cm³/mol. The number of fused-ring (bicyclic) bond motifs is 1. The number of aromatic nitrogens is 2. The van der Waals surface area contributed by atoms with Crippen LogP contribution in [0.4, 0.5) is 4.79 Å². The molecule has 0 saturated heterocycles. The van der Waals surface area contributed by atoms with Crippen LogP contribution in [0.1, 0.15) is 16.8 Å². The maximum atomic E-state index is 11.7. The lowest BCUT2D eigenvalue weighted by molar-refractivity contribution is -0.108. The fraction of sp³-hybridized carbons (Fsp3) is 0.294. The lowest BCUT2D eigenvalue weighted by Gasteiger charge is -2.14. The zero-order chi connectivity index (χ0) is 19.8. The Bertz CT molecular complexity index is 1030. The minimum atomic E-state index is -0.867. The van der Waals surface area contributed by atoms with Gasteiger partial charge in [-0.3, -0.25) is 10.1 Å². The average Bonchev–Trinajstić information content (AvgIpc) is 2.66. The summed E-state index contributed by atoms with van der Waals surface area (Å²) in [6.07, 6.45) is 0.220. The minimum absolute atomic E-state index is 0.135. The summed E-state index contributed by atoms with van der Waals surface area (Å²) in [5.74, 6) is 0. The average molecular weight is 368 g/mol. The summed E-state index contributed by atoms with van der Waals surface area (Å²) in [7, 11) is 0. The molecular formula is C17H16N6O4. The van der Waals surface area contributed by atoms with Crippen molar-refractivity contribution in [3.8, 4) is 12.1 Å². The molecule has 0 radical (unpaired) electrons. The Labute approximate surface area is 154 Å². The molecule has 2 N–H and O–H groups in total. The van der Waals surface area contributed by atoms with Gasteiger partial charge in [-0.05, 0) is 19.1 Å². The lowest BCUT2D eigenvalue weighted by atomic mass is 10.1. The Balaban J connectivity index is 2.73. The molecule has 10 nitrogen and oxygen atoms in total. The smallest absolute Gasteiger partial charge is 0.349 e. The number of ether oxygens (including phenoxy) is 1. The van der Waals surface area contributed by atoms with Gasteiger partial charge in [-0.25, -0.2) is 9.78 Å². The van der Waals surface area contributed by atoms with Gasteiger partial charge in [-0.15, -0.1) is 0 Å². The number of rotatable bonds is 6.